The predicted molar refractivity (Wildman–Crippen MR) is 83.4 cm³/mol. The summed E-state index contributed by atoms with van der Waals surface area (Å²) < 4.78 is 0.935. The van der Waals surface area contributed by atoms with E-state index in [2.05, 4.69) is 45.4 Å². The molecule has 15 heavy (non-hydrogen) atoms. The van der Waals surface area contributed by atoms with E-state index in [1.54, 1.807) is 0 Å². The van der Waals surface area contributed by atoms with Crippen LogP contribution in [0.2, 0.25) is 0 Å². The highest BCUT2D eigenvalue weighted by molar-refractivity contribution is 14.1. The van der Waals surface area contributed by atoms with Crippen molar-refractivity contribution in [3.8, 4) is 0 Å². The summed E-state index contributed by atoms with van der Waals surface area (Å²) in [5.74, 6) is 0. The quantitative estimate of drug-likeness (QED) is 0.227. The van der Waals surface area contributed by atoms with Crippen LogP contribution in [0.3, 0.4) is 0 Å². The predicted octanol–water partition coefficient (Wildman–Crippen LogP) is 6.11. The topological polar surface area (TPSA) is 0 Å². The van der Waals surface area contributed by atoms with Crippen LogP contribution >= 0.6 is 38.5 Å². The van der Waals surface area contributed by atoms with E-state index in [1.807, 2.05) is 0 Å². The first-order chi connectivity index (χ1) is 7.31. The third kappa shape index (κ3) is 13.1. The number of halogens is 2. The second-order valence-corrected chi connectivity index (χ2v) is 6.89. The molecule has 0 N–H and O–H groups in total. The van der Waals surface area contributed by atoms with E-state index >= 15 is 0 Å². The Morgan fingerprint density at radius 3 is 2.00 bits per heavy atom. The van der Waals surface area contributed by atoms with Crippen LogP contribution in [-0.4, -0.2) is 9.25 Å². The van der Waals surface area contributed by atoms with Crippen molar-refractivity contribution in [2.75, 3.05) is 5.33 Å². The average molecular weight is 389 g/mol. The third-order valence-electron chi connectivity index (χ3n) is 2.77. The summed E-state index contributed by atoms with van der Waals surface area (Å²) in [6.07, 6.45) is 14.2. The van der Waals surface area contributed by atoms with Gasteiger partial charge < -0.3 is 0 Å². The first-order valence-corrected chi connectivity index (χ1v) is 8.88. The van der Waals surface area contributed by atoms with Crippen LogP contribution in [-0.2, 0) is 0 Å². The van der Waals surface area contributed by atoms with Crippen molar-refractivity contribution in [1.82, 2.24) is 0 Å². The fraction of sp³-hybridized carbons (Fsp3) is 1.00. The smallest absolute Gasteiger partial charge is 0.0110 e. The lowest BCUT2D eigenvalue weighted by molar-refractivity contribution is 0.574. The maximum atomic E-state index is 3.48. The Balaban J connectivity index is 3.06. The average Bonchev–Trinajstić information content (AvgIpc) is 2.23. The zero-order valence-corrected chi connectivity index (χ0v) is 13.9. The summed E-state index contributed by atoms with van der Waals surface area (Å²) in [7, 11) is 0. The molecule has 1 unspecified atom stereocenters. The molecule has 0 amide bonds. The summed E-state index contributed by atoms with van der Waals surface area (Å²) in [6, 6.07) is 0. The minimum absolute atomic E-state index is 0.935. The maximum absolute atomic E-state index is 3.48. The van der Waals surface area contributed by atoms with Gasteiger partial charge in [-0.3, -0.25) is 0 Å². The summed E-state index contributed by atoms with van der Waals surface area (Å²) in [6.45, 7) is 2.28. The molecule has 0 aliphatic rings. The van der Waals surface area contributed by atoms with Gasteiger partial charge in [0.15, 0.2) is 0 Å². The van der Waals surface area contributed by atoms with Gasteiger partial charge in [0.05, 0.1) is 0 Å². The SMILES string of the molecule is CCCCCC(I)CCCCCCCBr. The molecule has 0 aromatic carbocycles. The molecule has 0 aromatic rings. The maximum Gasteiger partial charge on any atom is 0.0110 e. The molecule has 0 rings (SSSR count). The first kappa shape index (κ1) is 16.2. The van der Waals surface area contributed by atoms with E-state index in [1.165, 1.54) is 69.5 Å². The van der Waals surface area contributed by atoms with E-state index in [9.17, 15) is 0 Å². The van der Waals surface area contributed by atoms with E-state index in [0.717, 1.165) is 3.92 Å². The van der Waals surface area contributed by atoms with Crippen LogP contribution in [0.4, 0.5) is 0 Å². The lowest BCUT2D eigenvalue weighted by atomic mass is 10.1. The molecule has 0 bridgehead atoms. The minimum atomic E-state index is 0.935. The van der Waals surface area contributed by atoms with Crippen molar-refractivity contribution in [2.24, 2.45) is 0 Å². The van der Waals surface area contributed by atoms with Crippen LogP contribution in [0.15, 0.2) is 0 Å². The minimum Gasteiger partial charge on any atom is -0.0928 e. The molecule has 0 saturated carbocycles. The molecule has 2 heteroatoms. The number of alkyl halides is 2. The lowest BCUT2D eigenvalue weighted by Gasteiger charge is -2.08. The second-order valence-electron chi connectivity index (χ2n) is 4.34. The molecule has 0 radical (unpaired) electrons. The fourth-order valence-corrected chi connectivity index (χ4v) is 3.03. The Kier molecular flexibility index (Phi) is 14.3. The number of hydrogen-bond acceptors (Lipinski definition) is 0. The standard InChI is InChI=1S/C13H26BrI/c1-2-3-7-10-13(15)11-8-5-4-6-9-12-14/h13H,2-12H2,1H3. The van der Waals surface area contributed by atoms with E-state index in [4.69, 9.17) is 0 Å². The molecular weight excluding hydrogens is 363 g/mol. The highest BCUT2D eigenvalue weighted by Gasteiger charge is 2.02. The van der Waals surface area contributed by atoms with Crippen LogP contribution < -0.4 is 0 Å². The molecule has 0 aromatic heterocycles. The molecule has 0 aliphatic carbocycles. The normalized spacial score (nSPS) is 13.0. The van der Waals surface area contributed by atoms with Crippen LogP contribution in [0.1, 0.15) is 71.1 Å². The molecule has 0 saturated heterocycles. The number of hydrogen-bond donors (Lipinski definition) is 0. The Bertz CT molecular complexity index is 117. The molecular formula is C13H26BrI. The van der Waals surface area contributed by atoms with Crippen molar-refractivity contribution >= 4 is 38.5 Å². The highest BCUT2D eigenvalue weighted by atomic mass is 127. The van der Waals surface area contributed by atoms with Gasteiger partial charge in [-0.05, 0) is 19.3 Å². The van der Waals surface area contributed by atoms with Gasteiger partial charge in [-0.25, -0.2) is 0 Å². The Morgan fingerprint density at radius 2 is 1.40 bits per heavy atom. The number of unbranched alkanes of at least 4 members (excludes halogenated alkanes) is 6. The van der Waals surface area contributed by atoms with Crippen molar-refractivity contribution in [3.63, 3.8) is 0 Å². The Morgan fingerprint density at radius 1 is 0.867 bits per heavy atom. The summed E-state index contributed by atoms with van der Waals surface area (Å²) in [5.41, 5.74) is 0. The zero-order chi connectivity index (χ0) is 11.4. The lowest BCUT2D eigenvalue weighted by Crippen LogP contribution is -1.97. The molecule has 0 nitrogen and oxygen atoms in total. The zero-order valence-electron chi connectivity index (χ0n) is 10.1. The van der Waals surface area contributed by atoms with Crippen LogP contribution in [0.25, 0.3) is 0 Å². The monoisotopic (exact) mass is 388 g/mol. The summed E-state index contributed by atoms with van der Waals surface area (Å²) in [5, 5.41) is 1.18. The summed E-state index contributed by atoms with van der Waals surface area (Å²) >= 11 is 6.12. The summed E-state index contributed by atoms with van der Waals surface area (Å²) in [4.78, 5) is 0. The van der Waals surface area contributed by atoms with Gasteiger partial charge in [-0.1, -0.05) is 90.4 Å². The fourth-order valence-electron chi connectivity index (χ4n) is 1.75. The van der Waals surface area contributed by atoms with Gasteiger partial charge >= 0.3 is 0 Å². The van der Waals surface area contributed by atoms with Crippen LogP contribution in [0, 0.1) is 0 Å². The molecule has 0 heterocycles. The van der Waals surface area contributed by atoms with Gasteiger partial charge in [0.25, 0.3) is 0 Å². The number of rotatable bonds is 11. The largest absolute Gasteiger partial charge is 0.0928 e. The van der Waals surface area contributed by atoms with E-state index < -0.39 is 0 Å². The Hall–Kier alpha value is 1.21. The van der Waals surface area contributed by atoms with Gasteiger partial charge in [-0.15, -0.1) is 0 Å². The van der Waals surface area contributed by atoms with Gasteiger partial charge in [0.2, 0.25) is 0 Å². The van der Waals surface area contributed by atoms with E-state index in [0.29, 0.717) is 0 Å². The highest BCUT2D eigenvalue weighted by Crippen LogP contribution is 2.18. The second kappa shape index (κ2) is 13.3. The van der Waals surface area contributed by atoms with Crippen molar-refractivity contribution < 1.29 is 0 Å². The van der Waals surface area contributed by atoms with Gasteiger partial charge in [0, 0.05) is 9.25 Å². The third-order valence-corrected chi connectivity index (χ3v) is 4.58. The molecule has 1 atom stereocenters. The van der Waals surface area contributed by atoms with Crippen molar-refractivity contribution in [1.29, 1.82) is 0 Å². The van der Waals surface area contributed by atoms with Crippen molar-refractivity contribution in [3.05, 3.63) is 0 Å². The van der Waals surface area contributed by atoms with E-state index in [-0.39, 0.29) is 0 Å². The molecule has 92 valence electrons. The van der Waals surface area contributed by atoms with Crippen molar-refractivity contribution in [2.45, 2.75) is 75.1 Å². The Labute approximate surface area is 118 Å². The molecule has 0 spiro atoms. The van der Waals surface area contributed by atoms with Gasteiger partial charge in [-0.2, -0.15) is 0 Å². The van der Waals surface area contributed by atoms with Gasteiger partial charge in [0.1, 0.15) is 0 Å². The first-order valence-electron chi connectivity index (χ1n) is 6.51. The van der Waals surface area contributed by atoms with Crippen LogP contribution in [0.5, 0.6) is 0 Å². The molecule has 0 fully saturated rings. The molecule has 0 aliphatic heterocycles.